The van der Waals surface area contributed by atoms with E-state index >= 15 is 0 Å². The molecule has 6 heteroatoms. The van der Waals surface area contributed by atoms with Crippen LogP contribution in [0, 0.1) is 13.8 Å². The first-order chi connectivity index (χ1) is 9.97. The summed E-state index contributed by atoms with van der Waals surface area (Å²) in [5, 5.41) is 11.4. The van der Waals surface area contributed by atoms with Crippen molar-refractivity contribution in [1.29, 1.82) is 0 Å². The van der Waals surface area contributed by atoms with Gasteiger partial charge >= 0.3 is 5.97 Å². The Bertz CT molecular complexity index is 719. The highest BCUT2D eigenvalue weighted by Crippen LogP contribution is 2.24. The molecular weight excluding hydrogens is 288 g/mol. The summed E-state index contributed by atoms with van der Waals surface area (Å²) in [7, 11) is 0. The molecule has 5 nitrogen and oxygen atoms in total. The van der Waals surface area contributed by atoms with Gasteiger partial charge in [-0.3, -0.25) is 9.78 Å². The standard InChI is InChI=1S/C15H14N2O3S/c1-9-5-6-16-8-11(9)17-15(20)13-7-10(2)12(21-13)3-4-14(18)19/h3-8H,1-2H3,(H,17,20)(H,18,19)/b4-3+. The van der Waals surface area contributed by atoms with Gasteiger partial charge in [-0.1, -0.05) is 0 Å². The number of nitrogens with zero attached hydrogens (tertiary/aromatic N) is 1. The molecule has 0 aliphatic carbocycles. The summed E-state index contributed by atoms with van der Waals surface area (Å²) >= 11 is 1.25. The molecule has 0 bridgehead atoms. The number of thiophene rings is 1. The minimum atomic E-state index is -1.01. The fraction of sp³-hybridized carbons (Fsp3) is 0.133. The third-order valence-corrected chi connectivity index (χ3v) is 4.05. The lowest BCUT2D eigenvalue weighted by Crippen LogP contribution is -2.11. The molecular formula is C15H14N2O3S. The number of nitrogens with one attached hydrogen (secondary N) is 1. The van der Waals surface area contributed by atoms with E-state index in [2.05, 4.69) is 10.3 Å². The van der Waals surface area contributed by atoms with Crippen LogP contribution in [-0.4, -0.2) is 22.0 Å². The Hall–Kier alpha value is -2.47. The maximum absolute atomic E-state index is 12.2. The number of carbonyl (C=O) groups excluding carboxylic acids is 1. The molecule has 0 aliphatic rings. The number of amides is 1. The van der Waals surface area contributed by atoms with Crippen LogP contribution in [0.5, 0.6) is 0 Å². The topological polar surface area (TPSA) is 79.3 Å². The number of aryl methyl sites for hydroxylation is 2. The molecule has 21 heavy (non-hydrogen) atoms. The predicted molar refractivity (Wildman–Crippen MR) is 82.7 cm³/mol. The Kier molecular flexibility index (Phi) is 4.49. The van der Waals surface area contributed by atoms with Crippen LogP contribution in [0.4, 0.5) is 5.69 Å². The largest absolute Gasteiger partial charge is 0.478 e. The first kappa shape index (κ1) is 14.9. The zero-order valence-electron chi connectivity index (χ0n) is 11.6. The zero-order chi connectivity index (χ0) is 15.4. The number of rotatable bonds is 4. The normalized spacial score (nSPS) is 10.8. The average Bonchev–Trinajstić information content (AvgIpc) is 2.80. The maximum atomic E-state index is 12.2. The van der Waals surface area contributed by atoms with Crippen molar-refractivity contribution in [3.63, 3.8) is 0 Å². The molecule has 0 spiro atoms. The molecule has 2 N–H and O–H groups in total. The Morgan fingerprint density at radius 1 is 1.33 bits per heavy atom. The van der Waals surface area contributed by atoms with Crippen molar-refractivity contribution < 1.29 is 14.7 Å². The third kappa shape index (κ3) is 3.76. The van der Waals surface area contributed by atoms with Crippen LogP contribution >= 0.6 is 11.3 Å². The molecule has 0 fully saturated rings. The molecule has 2 aromatic heterocycles. The van der Waals surface area contributed by atoms with Crippen molar-refractivity contribution in [3.05, 3.63) is 51.5 Å². The zero-order valence-corrected chi connectivity index (χ0v) is 12.4. The molecule has 108 valence electrons. The number of carboxylic acids is 1. The lowest BCUT2D eigenvalue weighted by molar-refractivity contribution is -0.131. The highest BCUT2D eigenvalue weighted by atomic mass is 32.1. The van der Waals surface area contributed by atoms with Gasteiger partial charge in [-0.2, -0.15) is 0 Å². The van der Waals surface area contributed by atoms with Crippen LogP contribution in [0.15, 0.2) is 30.6 Å². The van der Waals surface area contributed by atoms with E-state index in [1.165, 1.54) is 17.4 Å². The lowest BCUT2D eigenvalue weighted by Gasteiger charge is -2.05. The van der Waals surface area contributed by atoms with Gasteiger partial charge in [0.15, 0.2) is 0 Å². The average molecular weight is 302 g/mol. The van der Waals surface area contributed by atoms with Gasteiger partial charge in [-0.05, 0) is 43.2 Å². The first-order valence-corrected chi connectivity index (χ1v) is 7.02. The Balaban J connectivity index is 2.19. The van der Waals surface area contributed by atoms with E-state index in [-0.39, 0.29) is 5.91 Å². The van der Waals surface area contributed by atoms with E-state index in [1.807, 2.05) is 19.9 Å². The third-order valence-electron chi connectivity index (χ3n) is 2.84. The second kappa shape index (κ2) is 6.32. The highest BCUT2D eigenvalue weighted by molar-refractivity contribution is 7.15. The molecule has 1 amide bonds. The Morgan fingerprint density at radius 3 is 2.76 bits per heavy atom. The van der Waals surface area contributed by atoms with Crippen molar-refractivity contribution in [2.24, 2.45) is 0 Å². The minimum absolute atomic E-state index is 0.228. The summed E-state index contributed by atoms with van der Waals surface area (Å²) in [6, 6.07) is 3.56. The summed E-state index contributed by atoms with van der Waals surface area (Å²) in [5.41, 5.74) is 2.46. The van der Waals surface area contributed by atoms with E-state index in [0.29, 0.717) is 10.6 Å². The van der Waals surface area contributed by atoms with Crippen molar-refractivity contribution in [1.82, 2.24) is 4.98 Å². The summed E-state index contributed by atoms with van der Waals surface area (Å²) < 4.78 is 0. The molecule has 0 unspecified atom stereocenters. The van der Waals surface area contributed by atoms with Crippen molar-refractivity contribution in [2.75, 3.05) is 5.32 Å². The summed E-state index contributed by atoms with van der Waals surface area (Å²) in [6.45, 7) is 3.72. The van der Waals surface area contributed by atoms with Crippen LogP contribution in [0.25, 0.3) is 6.08 Å². The fourth-order valence-corrected chi connectivity index (χ4v) is 2.67. The Morgan fingerprint density at radius 2 is 2.10 bits per heavy atom. The molecule has 0 aliphatic heterocycles. The minimum Gasteiger partial charge on any atom is -0.478 e. The van der Waals surface area contributed by atoms with E-state index in [0.717, 1.165) is 22.1 Å². The molecule has 0 saturated carbocycles. The van der Waals surface area contributed by atoms with Gasteiger partial charge in [0.05, 0.1) is 16.8 Å². The second-order valence-corrected chi connectivity index (χ2v) is 5.56. The molecule has 0 radical (unpaired) electrons. The number of aromatic nitrogens is 1. The van der Waals surface area contributed by atoms with Gasteiger partial charge in [0, 0.05) is 17.2 Å². The molecule has 0 atom stereocenters. The summed E-state index contributed by atoms with van der Waals surface area (Å²) in [5.74, 6) is -1.24. The van der Waals surface area contributed by atoms with E-state index < -0.39 is 5.97 Å². The molecule has 2 aromatic rings. The van der Waals surface area contributed by atoms with Gasteiger partial charge in [0.25, 0.3) is 5.91 Å². The monoisotopic (exact) mass is 302 g/mol. The maximum Gasteiger partial charge on any atom is 0.328 e. The number of anilines is 1. The Labute approximate surface area is 126 Å². The molecule has 2 heterocycles. The van der Waals surface area contributed by atoms with Crippen molar-refractivity contribution >= 4 is 35.0 Å². The lowest BCUT2D eigenvalue weighted by atomic mass is 10.2. The second-order valence-electron chi connectivity index (χ2n) is 4.47. The van der Waals surface area contributed by atoms with Gasteiger partial charge in [0.1, 0.15) is 0 Å². The molecule has 0 saturated heterocycles. The number of pyridine rings is 1. The van der Waals surface area contributed by atoms with E-state index in [9.17, 15) is 9.59 Å². The van der Waals surface area contributed by atoms with Crippen LogP contribution in [0.3, 0.4) is 0 Å². The number of aliphatic carboxylic acids is 1. The summed E-state index contributed by atoms with van der Waals surface area (Å²) in [4.78, 5) is 28.0. The number of carboxylic acid groups (broad SMARTS) is 1. The summed E-state index contributed by atoms with van der Waals surface area (Å²) in [6.07, 6.45) is 5.81. The molecule has 0 aromatic carbocycles. The van der Waals surface area contributed by atoms with Crippen molar-refractivity contribution in [2.45, 2.75) is 13.8 Å². The smallest absolute Gasteiger partial charge is 0.328 e. The van der Waals surface area contributed by atoms with Crippen LogP contribution in [0.1, 0.15) is 25.7 Å². The molecule has 2 rings (SSSR count). The van der Waals surface area contributed by atoms with Gasteiger partial charge < -0.3 is 10.4 Å². The van der Waals surface area contributed by atoms with E-state index in [1.54, 1.807) is 18.5 Å². The van der Waals surface area contributed by atoms with E-state index in [4.69, 9.17) is 5.11 Å². The highest BCUT2D eigenvalue weighted by Gasteiger charge is 2.12. The number of hydrogen-bond acceptors (Lipinski definition) is 4. The van der Waals surface area contributed by atoms with Gasteiger partial charge in [-0.25, -0.2) is 4.79 Å². The van der Waals surface area contributed by atoms with Crippen LogP contribution in [-0.2, 0) is 4.79 Å². The first-order valence-electron chi connectivity index (χ1n) is 6.21. The van der Waals surface area contributed by atoms with Gasteiger partial charge in [0.2, 0.25) is 0 Å². The predicted octanol–water partition coefficient (Wildman–Crippen LogP) is 3.11. The quantitative estimate of drug-likeness (QED) is 0.850. The van der Waals surface area contributed by atoms with Crippen LogP contribution < -0.4 is 5.32 Å². The SMILES string of the molecule is Cc1ccncc1NC(=O)c1cc(C)c(/C=C/C(=O)O)s1. The number of hydrogen-bond donors (Lipinski definition) is 2. The van der Waals surface area contributed by atoms with Crippen LogP contribution in [0.2, 0.25) is 0 Å². The van der Waals surface area contributed by atoms with Gasteiger partial charge in [-0.15, -0.1) is 11.3 Å². The fourth-order valence-electron chi connectivity index (χ4n) is 1.70. The number of carbonyl (C=O) groups is 2. The van der Waals surface area contributed by atoms with Crippen molar-refractivity contribution in [3.8, 4) is 0 Å².